The van der Waals surface area contributed by atoms with Crippen LogP contribution < -0.4 is 5.32 Å². The fourth-order valence-electron chi connectivity index (χ4n) is 2.63. The summed E-state index contributed by atoms with van der Waals surface area (Å²) in [6.45, 7) is 14.3. The second kappa shape index (κ2) is 7.88. The minimum Gasteiger partial charge on any atom is -0.353 e. The van der Waals surface area contributed by atoms with Gasteiger partial charge in [-0.25, -0.2) is 0 Å². The Kier molecular flexibility index (Phi) is 6.84. The normalized spacial score (nSPS) is 19.9. The van der Waals surface area contributed by atoms with Crippen LogP contribution in [0.4, 0.5) is 0 Å². The zero-order chi connectivity index (χ0) is 14.4. The van der Waals surface area contributed by atoms with Gasteiger partial charge in [-0.3, -0.25) is 4.79 Å². The van der Waals surface area contributed by atoms with Crippen LogP contribution in [-0.4, -0.2) is 36.5 Å². The lowest BCUT2D eigenvalue weighted by Gasteiger charge is -2.35. The third kappa shape index (κ3) is 5.94. The molecule has 0 radical (unpaired) electrons. The van der Waals surface area contributed by atoms with Crippen molar-refractivity contribution in [3.63, 3.8) is 0 Å². The number of nitrogens with one attached hydrogen (secondary N) is 1. The molecule has 0 bridgehead atoms. The number of likely N-dealkylation sites (tertiary alicyclic amines) is 1. The van der Waals surface area contributed by atoms with E-state index in [1.165, 1.54) is 38.9 Å². The van der Waals surface area contributed by atoms with Gasteiger partial charge in [-0.2, -0.15) is 0 Å². The maximum absolute atomic E-state index is 11.7. The van der Waals surface area contributed by atoms with Crippen LogP contribution in [0.2, 0.25) is 0 Å². The predicted molar refractivity (Wildman–Crippen MR) is 81.1 cm³/mol. The van der Waals surface area contributed by atoms with Crippen LogP contribution in [-0.2, 0) is 4.79 Å². The van der Waals surface area contributed by atoms with Gasteiger partial charge >= 0.3 is 0 Å². The summed E-state index contributed by atoms with van der Waals surface area (Å²) in [5.41, 5.74) is 0. The van der Waals surface area contributed by atoms with Gasteiger partial charge in [-0.05, 0) is 57.7 Å². The molecule has 0 saturated carbocycles. The Morgan fingerprint density at radius 1 is 1.16 bits per heavy atom. The van der Waals surface area contributed by atoms with E-state index in [0.717, 1.165) is 5.92 Å². The van der Waals surface area contributed by atoms with E-state index in [1.54, 1.807) is 0 Å². The van der Waals surface area contributed by atoms with Crippen molar-refractivity contribution in [2.45, 2.75) is 59.9 Å². The number of rotatable bonds is 6. The molecule has 1 aliphatic rings. The summed E-state index contributed by atoms with van der Waals surface area (Å²) in [6, 6.07) is 0.321. The third-order valence-electron chi connectivity index (χ3n) is 4.26. The summed E-state index contributed by atoms with van der Waals surface area (Å²) >= 11 is 0. The van der Waals surface area contributed by atoms with Gasteiger partial charge < -0.3 is 10.2 Å². The van der Waals surface area contributed by atoms with Gasteiger partial charge in [-0.1, -0.05) is 27.7 Å². The summed E-state index contributed by atoms with van der Waals surface area (Å²) in [4.78, 5) is 14.3. The van der Waals surface area contributed by atoms with Gasteiger partial charge in [0.1, 0.15) is 0 Å². The van der Waals surface area contributed by atoms with Crippen LogP contribution in [0, 0.1) is 17.8 Å². The molecular weight excluding hydrogens is 236 g/mol. The first-order chi connectivity index (χ1) is 8.90. The number of carbonyl (C=O) groups excluding carboxylic acids is 1. The van der Waals surface area contributed by atoms with E-state index in [1.807, 2.05) is 13.8 Å². The smallest absolute Gasteiger partial charge is 0.222 e. The average Bonchev–Trinajstić information content (AvgIpc) is 2.36. The van der Waals surface area contributed by atoms with Crippen molar-refractivity contribution >= 4 is 5.91 Å². The molecule has 1 amide bonds. The summed E-state index contributed by atoms with van der Waals surface area (Å²) < 4.78 is 0. The molecule has 1 rings (SSSR count). The summed E-state index contributed by atoms with van der Waals surface area (Å²) in [7, 11) is 0. The summed E-state index contributed by atoms with van der Waals surface area (Å²) in [6.07, 6.45) is 3.74. The molecule has 0 aromatic carbocycles. The molecule has 0 spiro atoms. The Morgan fingerprint density at radius 3 is 2.21 bits per heavy atom. The second-order valence-electron chi connectivity index (χ2n) is 6.81. The van der Waals surface area contributed by atoms with Gasteiger partial charge in [0.25, 0.3) is 0 Å². The van der Waals surface area contributed by atoms with Gasteiger partial charge in [0.2, 0.25) is 5.91 Å². The predicted octanol–water partition coefficient (Wildman–Crippen LogP) is 2.91. The molecule has 0 unspecified atom stereocenters. The highest BCUT2D eigenvalue weighted by Gasteiger charge is 2.25. The second-order valence-corrected chi connectivity index (χ2v) is 6.81. The number of amides is 1. The number of carbonyl (C=O) groups is 1. The molecule has 0 aromatic heterocycles. The van der Waals surface area contributed by atoms with Crippen LogP contribution >= 0.6 is 0 Å². The first kappa shape index (κ1) is 16.5. The van der Waals surface area contributed by atoms with Crippen LogP contribution in [0.25, 0.3) is 0 Å². The van der Waals surface area contributed by atoms with Gasteiger partial charge in [-0.15, -0.1) is 0 Å². The van der Waals surface area contributed by atoms with E-state index >= 15 is 0 Å². The van der Waals surface area contributed by atoms with E-state index in [9.17, 15) is 4.79 Å². The standard InChI is InChI=1S/C16H32N2O/c1-12(2)6-9-18-10-7-15(8-11-18)14(5)17-16(19)13(3)4/h12-15H,6-11H2,1-5H3,(H,17,19)/t14-/m1/s1. The molecule has 1 saturated heterocycles. The topological polar surface area (TPSA) is 32.3 Å². The quantitative estimate of drug-likeness (QED) is 0.803. The summed E-state index contributed by atoms with van der Waals surface area (Å²) in [5.74, 6) is 1.73. The Balaban J connectivity index is 2.27. The molecule has 1 N–H and O–H groups in total. The molecule has 3 nitrogen and oxygen atoms in total. The van der Waals surface area contributed by atoms with Crippen LogP contribution in [0.1, 0.15) is 53.9 Å². The zero-order valence-corrected chi connectivity index (χ0v) is 13.4. The minimum absolute atomic E-state index is 0.0913. The molecular formula is C16H32N2O. The van der Waals surface area contributed by atoms with E-state index in [2.05, 4.69) is 31.0 Å². The van der Waals surface area contributed by atoms with Crippen molar-refractivity contribution in [1.29, 1.82) is 0 Å². The molecule has 1 atom stereocenters. The highest BCUT2D eigenvalue weighted by atomic mass is 16.1. The molecule has 0 aromatic rings. The van der Waals surface area contributed by atoms with Crippen molar-refractivity contribution in [3.05, 3.63) is 0 Å². The Hall–Kier alpha value is -0.570. The van der Waals surface area contributed by atoms with Crippen LogP contribution in [0.5, 0.6) is 0 Å². The summed E-state index contributed by atoms with van der Waals surface area (Å²) in [5, 5.41) is 3.16. The fourth-order valence-corrected chi connectivity index (χ4v) is 2.63. The highest BCUT2D eigenvalue weighted by Crippen LogP contribution is 2.21. The molecule has 1 heterocycles. The average molecular weight is 268 g/mol. The SMILES string of the molecule is CC(C)CCN1CCC([C@@H](C)NC(=O)C(C)C)CC1. The number of piperidine rings is 1. The van der Waals surface area contributed by atoms with Crippen LogP contribution in [0.15, 0.2) is 0 Å². The third-order valence-corrected chi connectivity index (χ3v) is 4.26. The fraction of sp³-hybridized carbons (Fsp3) is 0.938. The molecule has 1 fully saturated rings. The Morgan fingerprint density at radius 2 is 1.74 bits per heavy atom. The molecule has 19 heavy (non-hydrogen) atoms. The van der Waals surface area contributed by atoms with Gasteiger partial charge in [0, 0.05) is 12.0 Å². The first-order valence-corrected chi connectivity index (χ1v) is 7.92. The number of hydrogen-bond donors (Lipinski definition) is 1. The van der Waals surface area contributed by atoms with Crippen molar-refractivity contribution in [3.8, 4) is 0 Å². The zero-order valence-electron chi connectivity index (χ0n) is 13.4. The van der Waals surface area contributed by atoms with E-state index < -0.39 is 0 Å². The van der Waals surface area contributed by atoms with Crippen molar-refractivity contribution in [1.82, 2.24) is 10.2 Å². The lowest BCUT2D eigenvalue weighted by molar-refractivity contribution is -0.125. The first-order valence-electron chi connectivity index (χ1n) is 7.92. The molecule has 0 aliphatic carbocycles. The van der Waals surface area contributed by atoms with E-state index in [-0.39, 0.29) is 11.8 Å². The monoisotopic (exact) mass is 268 g/mol. The van der Waals surface area contributed by atoms with Crippen molar-refractivity contribution in [2.75, 3.05) is 19.6 Å². The van der Waals surface area contributed by atoms with Gasteiger partial charge in [0.15, 0.2) is 0 Å². The van der Waals surface area contributed by atoms with Crippen LogP contribution in [0.3, 0.4) is 0 Å². The maximum atomic E-state index is 11.7. The van der Waals surface area contributed by atoms with E-state index in [0.29, 0.717) is 12.0 Å². The van der Waals surface area contributed by atoms with Crippen molar-refractivity contribution < 1.29 is 4.79 Å². The minimum atomic E-state index is 0.0913. The number of hydrogen-bond acceptors (Lipinski definition) is 2. The lowest BCUT2D eigenvalue weighted by atomic mass is 9.90. The Labute approximate surface area is 119 Å². The lowest BCUT2D eigenvalue weighted by Crippen LogP contribution is -2.45. The molecule has 3 heteroatoms. The highest BCUT2D eigenvalue weighted by molar-refractivity contribution is 5.78. The maximum Gasteiger partial charge on any atom is 0.222 e. The molecule has 1 aliphatic heterocycles. The Bertz CT molecular complexity index is 268. The van der Waals surface area contributed by atoms with E-state index in [4.69, 9.17) is 0 Å². The number of nitrogens with zero attached hydrogens (tertiary/aromatic N) is 1. The largest absolute Gasteiger partial charge is 0.353 e. The molecule has 112 valence electrons. The van der Waals surface area contributed by atoms with Crippen molar-refractivity contribution in [2.24, 2.45) is 17.8 Å². The van der Waals surface area contributed by atoms with Gasteiger partial charge in [0.05, 0.1) is 0 Å².